The largest absolute Gasteiger partial charge is 0.389 e. The lowest BCUT2D eigenvalue weighted by Crippen LogP contribution is -2.37. The average Bonchev–Trinajstić information content (AvgIpc) is 3.16. The summed E-state index contributed by atoms with van der Waals surface area (Å²) in [4.78, 5) is 0. The Kier molecular flexibility index (Phi) is 2.54. The molecular formula is C14H22N2O. The van der Waals surface area contributed by atoms with E-state index >= 15 is 0 Å². The van der Waals surface area contributed by atoms with Crippen LogP contribution in [0.15, 0.2) is 6.07 Å². The van der Waals surface area contributed by atoms with Crippen LogP contribution in [0.25, 0.3) is 0 Å². The molecule has 0 aliphatic heterocycles. The summed E-state index contributed by atoms with van der Waals surface area (Å²) in [5.74, 6) is 1.10. The maximum atomic E-state index is 10.9. The maximum absolute atomic E-state index is 10.9. The van der Waals surface area contributed by atoms with E-state index in [-0.39, 0.29) is 0 Å². The van der Waals surface area contributed by atoms with Gasteiger partial charge in [-0.25, -0.2) is 0 Å². The van der Waals surface area contributed by atoms with Crippen molar-refractivity contribution in [1.29, 1.82) is 0 Å². The van der Waals surface area contributed by atoms with Gasteiger partial charge in [0.1, 0.15) is 0 Å². The predicted molar refractivity (Wildman–Crippen MR) is 66.7 cm³/mol. The molecule has 2 saturated carbocycles. The minimum absolute atomic E-state index is 0.431. The van der Waals surface area contributed by atoms with Gasteiger partial charge >= 0.3 is 0 Å². The predicted octanol–water partition coefficient (Wildman–Crippen LogP) is 2.31. The number of hydrogen-bond acceptors (Lipinski definition) is 2. The molecule has 0 saturated heterocycles. The maximum Gasteiger partial charge on any atom is 0.0758 e. The Morgan fingerprint density at radius 1 is 1.35 bits per heavy atom. The van der Waals surface area contributed by atoms with Gasteiger partial charge in [0.2, 0.25) is 0 Å². The first-order chi connectivity index (χ1) is 8.13. The molecule has 1 aromatic heterocycles. The van der Waals surface area contributed by atoms with Gasteiger partial charge in [0.05, 0.1) is 11.3 Å². The normalized spacial score (nSPS) is 20.9. The third kappa shape index (κ3) is 2.01. The monoisotopic (exact) mass is 234 g/mol. The fourth-order valence-electron chi connectivity index (χ4n) is 3.09. The quantitative estimate of drug-likeness (QED) is 0.849. The van der Waals surface area contributed by atoms with E-state index in [0.29, 0.717) is 11.8 Å². The van der Waals surface area contributed by atoms with Crippen LogP contribution < -0.4 is 0 Å². The Bertz CT molecular complexity index is 404. The van der Waals surface area contributed by atoms with Crippen molar-refractivity contribution >= 4 is 0 Å². The van der Waals surface area contributed by atoms with Gasteiger partial charge in [-0.1, -0.05) is 0 Å². The number of aliphatic hydroxyl groups is 1. The highest BCUT2D eigenvalue weighted by atomic mass is 16.3. The lowest BCUT2D eigenvalue weighted by Gasteiger charge is -2.28. The second-order valence-electron chi connectivity index (χ2n) is 5.81. The van der Waals surface area contributed by atoms with Gasteiger partial charge in [-0.3, -0.25) is 4.68 Å². The van der Waals surface area contributed by atoms with Gasteiger partial charge < -0.3 is 5.11 Å². The smallest absolute Gasteiger partial charge is 0.0758 e. The van der Waals surface area contributed by atoms with Gasteiger partial charge in [-0.15, -0.1) is 0 Å². The molecule has 0 spiro atoms. The Hall–Kier alpha value is -0.830. The van der Waals surface area contributed by atoms with E-state index in [1.54, 1.807) is 0 Å². The first-order valence-electron chi connectivity index (χ1n) is 6.89. The zero-order valence-electron chi connectivity index (χ0n) is 10.8. The SMILES string of the molecule is CCn1nc(C)cc1CC(O)(C1CC1)C1CC1. The van der Waals surface area contributed by atoms with Crippen LogP contribution >= 0.6 is 0 Å². The number of rotatable bonds is 5. The third-order valence-electron chi connectivity index (χ3n) is 4.32. The van der Waals surface area contributed by atoms with Crippen LogP contribution in [0.1, 0.15) is 44.0 Å². The highest BCUT2D eigenvalue weighted by molar-refractivity contribution is 5.16. The Labute approximate surface area is 103 Å². The van der Waals surface area contributed by atoms with E-state index in [1.807, 2.05) is 11.6 Å². The van der Waals surface area contributed by atoms with Gasteiger partial charge in [0.15, 0.2) is 0 Å². The van der Waals surface area contributed by atoms with Crippen molar-refractivity contribution < 1.29 is 5.11 Å². The molecule has 94 valence electrons. The fourth-order valence-corrected chi connectivity index (χ4v) is 3.09. The van der Waals surface area contributed by atoms with Crippen molar-refractivity contribution in [3.63, 3.8) is 0 Å². The summed E-state index contributed by atoms with van der Waals surface area (Å²) in [6, 6.07) is 2.14. The first kappa shape index (κ1) is 11.3. The molecule has 0 bridgehead atoms. The molecule has 3 nitrogen and oxygen atoms in total. The lowest BCUT2D eigenvalue weighted by atomic mass is 9.87. The van der Waals surface area contributed by atoms with Gasteiger partial charge in [0.25, 0.3) is 0 Å². The summed E-state index contributed by atoms with van der Waals surface area (Å²) in [6.07, 6.45) is 5.66. The van der Waals surface area contributed by atoms with Crippen LogP contribution in [0.4, 0.5) is 0 Å². The summed E-state index contributed by atoms with van der Waals surface area (Å²) in [7, 11) is 0. The van der Waals surface area contributed by atoms with Crippen molar-refractivity contribution in [2.75, 3.05) is 0 Å². The Morgan fingerprint density at radius 2 is 1.94 bits per heavy atom. The third-order valence-corrected chi connectivity index (χ3v) is 4.32. The van der Waals surface area contributed by atoms with Gasteiger partial charge in [0, 0.05) is 18.7 Å². The minimum atomic E-state index is -0.431. The summed E-state index contributed by atoms with van der Waals surface area (Å²) in [5, 5.41) is 15.4. The van der Waals surface area contributed by atoms with Crippen molar-refractivity contribution in [2.45, 2.75) is 58.1 Å². The molecule has 1 aromatic rings. The molecule has 0 unspecified atom stereocenters. The topological polar surface area (TPSA) is 38.0 Å². The highest BCUT2D eigenvalue weighted by Gasteiger charge is 2.53. The average molecular weight is 234 g/mol. The van der Waals surface area contributed by atoms with E-state index in [1.165, 1.54) is 31.4 Å². The molecular weight excluding hydrogens is 212 g/mol. The first-order valence-corrected chi connectivity index (χ1v) is 6.89. The molecule has 0 amide bonds. The minimum Gasteiger partial charge on any atom is -0.389 e. The number of nitrogens with zero attached hydrogens (tertiary/aromatic N) is 2. The van der Waals surface area contributed by atoms with E-state index in [4.69, 9.17) is 0 Å². The van der Waals surface area contributed by atoms with Gasteiger partial charge in [-0.2, -0.15) is 5.10 Å². The molecule has 1 heterocycles. The second-order valence-corrected chi connectivity index (χ2v) is 5.81. The van der Waals surface area contributed by atoms with Crippen LogP contribution in [0, 0.1) is 18.8 Å². The van der Waals surface area contributed by atoms with Crippen LogP contribution in [0.3, 0.4) is 0 Å². The molecule has 0 atom stereocenters. The zero-order valence-corrected chi connectivity index (χ0v) is 10.8. The van der Waals surface area contributed by atoms with Crippen LogP contribution in [-0.2, 0) is 13.0 Å². The van der Waals surface area contributed by atoms with E-state index in [0.717, 1.165) is 18.7 Å². The summed E-state index contributed by atoms with van der Waals surface area (Å²) < 4.78 is 2.05. The van der Waals surface area contributed by atoms with Crippen LogP contribution in [-0.4, -0.2) is 20.5 Å². The summed E-state index contributed by atoms with van der Waals surface area (Å²) in [6.45, 7) is 5.04. The number of aromatic nitrogens is 2. The molecule has 0 aromatic carbocycles. The zero-order chi connectivity index (χ0) is 12.0. The molecule has 2 aliphatic rings. The van der Waals surface area contributed by atoms with Gasteiger partial charge in [-0.05, 0) is 57.4 Å². The van der Waals surface area contributed by atoms with E-state index in [2.05, 4.69) is 18.1 Å². The molecule has 17 heavy (non-hydrogen) atoms. The van der Waals surface area contributed by atoms with E-state index in [9.17, 15) is 5.11 Å². The van der Waals surface area contributed by atoms with Crippen LogP contribution in [0.2, 0.25) is 0 Å². The second kappa shape index (κ2) is 3.84. The number of hydrogen-bond donors (Lipinski definition) is 1. The molecule has 0 radical (unpaired) electrons. The van der Waals surface area contributed by atoms with Crippen molar-refractivity contribution in [1.82, 2.24) is 9.78 Å². The summed E-state index contributed by atoms with van der Waals surface area (Å²) in [5.41, 5.74) is 1.85. The van der Waals surface area contributed by atoms with Crippen molar-refractivity contribution in [3.8, 4) is 0 Å². The fraction of sp³-hybridized carbons (Fsp3) is 0.786. The molecule has 3 rings (SSSR count). The standard InChI is InChI=1S/C14H22N2O/c1-3-16-13(8-10(2)15-16)9-14(17,11-4-5-11)12-6-7-12/h8,11-12,17H,3-7,9H2,1-2H3. The molecule has 3 heteroatoms. The highest BCUT2D eigenvalue weighted by Crippen LogP contribution is 2.53. The van der Waals surface area contributed by atoms with E-state index < -0.39 is 5.60 Å². The number of aryl methyl sites for hydroxylation is 2. The Morgan fingerprint density at radius 3 is 2.41 bits per heavy atom. The van der Waals surface area contributed by atoms with Crippen molar-refractivity contribution in [2.24, 2.45) is 11.8 Å². The Balaban J connectivity index is 1.84. The summed E-state index contributed by atoms with van der Waals surface area (Å²) >= 11 is 0. The molecule has 2 fully saturated rings. The lowest BCUT2D eigenvalue weighted by molar-refractivity contribution is -0.00625. The van der Waals surface area contributed by atoms with Crippen molar-refractivity contribution in [3.05, 3.63) is 17.5 Å². The molecule has 1 N–H and O–H groups in total. The molecule has 2 aliphatic carbocycles. The van der Waals surface area contributed by atoms with Crippen LogP contribution in [0.5, 0.6) is 0 Å².